The summed E-state index contributed by atoms with van der Waals surface area (Å²) in [6.07, 6.45) is -2.62. The molecule has 0 aliphatic carbocycles. The second-order valence-corrected chi connectivity index (χ2v) is 9.34. The van der Waals surface area contributed by atoms with Crippen LogP contribution in [0.25, 0.3) is 0 Å². The van der Waals surface area contributed by atoms with Crippen molar-refractivity contribution in [2.45, 2.75) is 19.3 Å². The highest BCUT2D eigenvalue weighted by atomic mass is 32.1. The number of nitrogens with one attached hydrogen (secondary N) is 1. The number of aromatic nitrogens is 1. The third-order valence-electron chi connectivity index (χ3n) is 5.85. The molecule has 6 nitrogen and oxygen atoms in total. The van der Waals surface area contributed by atoms with Gasteiger partial charge in [-0.15, -0.1) is 11.3 Å². The van der Waals surface area contributed by atoms with Gasteiger partial charge in [0.25, 0.3) is 11.8 Å². The molecule has 0 bridgehead atoms. The van der Waals surface area contributed by atoms with Crippen LogP contribution in [0, 0.1) is 0 Å². The van der Waals surface area contributed by atoms with Gasteiger partial charge in [-0.3, -0.25) is 14.5 Å². The zero-order valence-electron chi connectivity index (χ0n) is 18.6. The van der Waals surface area contributed by atoms with E-state index in [1.807, 2.05) is 40.9 Å². The van der Waals surface area contributed by atoms with Gasteiger partial charge in [0.1, 0.15) is 5.69 Å². The maximum absolute atomic E-state index is 13.1. The lowest BCUT2D eigenvalue weighted by Gasteiger charge is -2.34. The van der Waals surface area contributed by atoms with E-state index < -0.39 is 17.6 Å². The summed E-state index contributed by atoms with van der Waals surface area (Å²) in [6.45, 7) is 3.16. The van der Waals surface area contributed by atoms with Gasteiger partial charge in [-0.25, -0.2) is 0 Å². The number of thiophene rings is 1. The summed E-state index contributed by atoms with van der Waals surface area (Å²) in [7, 11) is 1.85. The van der Waals surface area contributed by atoms with Gasteiger partial charge in [0.15, 0.2) is 0 Å². The van der Waals surface area contributed by atoms with Gasteiger partial charge >= 0.3 is 6.18 Å². The molecule has 1 aliphatic rings. The van der Waals surface area contributed by atoms with E-state index in [1.165, 1.54) is 29.5 Å². The van der Waals surface area contributed by atoms with Crippen LogP contribution < -0.4 is 5.32 Å². The monoisotopic (exact) mass is 490 g/mol. The SMILES string of the molecule is Cn1cccc1C(=O)N1CCN(Cc2ccc(C(=O)NCc3ccccc3C(F)(F)F)s2)CC1. The highest BCUT2D eigenvalue weighted by Crippen LogP contribution is 2.31. The minimum Gasteiger partial charge on any atom is -0.347 e. The average molecular weight is 491 g/mol. The Bertz CT molecular complexity index is 1160. The Morgan fingerprint density at radius 2 is 1.74 bits per heavy atom. The number of halogens is 3. The topological polar surface area (TPSA) is 57.6 Å². The standard InChI is InChI=1S/C24H25F3N4O2S/c1-29-10-4-7-20(29)23(33)31-13-11-30(12-14-31)16-18-8-9-21(34-18)22(32)28-15-17-5-2-3-6-19(17)24(25,26)27/h2-10H,11-16H2,1H3,(H,28,32). The number of benzene rings is 1. The third kappa shape index (κ3) is 5.51. The van der Waals surface area contributed by atoms with Gasteiger partial charge in [0.2, 0.25) is 0 Å². The van der Waals surface area contributed by atoms with Crippen LogP contribution in [0.4, 0.5) is 13.2 Å². The van der Waals surface area contributed by atoms with Crippen LogP contribution >= 0.6 is 11.3 Å². The zero-order chi connectivity index (χ0) is 24.3. The van der Waals surface area contributed by atoms with Gasteiger partial charge in [-0.1, -0.05) is 18.2 Å². The summed E-state index contributed by atoms with van der Waals surface area (Å²) in [5, 5.41) is 2.59. The molecule has 0 unspecified atom stereocenters. The van der Waals surface area contributed by atoms with Crippen molar-refractivity contribution in [3.8, 4) is 0 Å². The molecule has 4 rings (SSSR count). The molecule has 0 saturated carbocycles. The first-order chi connectivity index (χ1) is 16.2. The van der Waals surface area contributed by atoms with E-state index in [0.717, 1.165) is 24.0 Å². The largest absolute Gasteiger partial charge is 0.416 e. The fourth-order valence-electron chi connectivity index (χ4n) is 3.97. The zero-order valence-corrected chi connectivity index (χ0v) is 19.5. The summed E-state index contributed by atoms with van der Waals surface area (Å²) in [5.41, 5.74) is -0.0463. The van der Waals surface area contributed by atoms with Crippen LogP contribution in [0.3, 0.4) is 0 Å². The summed E-state index contributed by atoms with van der Waals surface area (Å²) in [6, 6.07) is 12.5. The van der Waals surface area contributed by atoms with Crippen molar-refractivity contribution >= 4 is 23.2 Å². The summed E-state index contributed by atoms with van der Waals surface area (Å²) < 4.78 is 41.2. The molecule has 0 spiro atoms. The molecule has 0 radical (unpaired) electrons. The summed E-state index contributed by atoms with van der Waals surface area (Å²) >= 11 is 1.33. The van der Waals surface area contributed by atoms with Crippen molar-refractivity contribution in [1.29, 1.82) is 0 Å². The minimum absolute atomic E-state index is 0.0225. The fourth-order valence-corrected chi connectivity index (χ4v) is 4.94. The van der Waals surface area contributed by atoms with Crippen LogP contribution in [-0.2, 0) is 26.3 Å². The third-order valence-corrected chi connectivity index (χ3v) is 6.92. The van der Waals surface area contributed by atoms with Crippen LogP contribution in [0.5, 0.6) is 0 Å². The normalized spacial score (nSPS) is 14.9. The van der Waals surface area contributed by atoms with E-state index in [0.29, 0.717) is 30.2 Å². The molecule has 180 valence electrons. The second kappa shape index (κ2) is 10.0. The lowest BCUT2D eigenvalue weighted by Crippen LogP contribution is -2.48. The van der Waals surface area contributed by atoms with Crippen LogP contribution in [0.15, 0.2) is 54.7 Å². The van der Waals surface area contributed by atoms with Crippen LogP contribution in [0.1, 0.15) is 36.2 Å². The minimum atomic E-state index is -4.47. The van der Waals surface area contributed by atoms with Crippen molar-refractivity contribution in [2.24, 2.45) is 7.05 Å². The van der Waals surface area contributed by atoms with Gasteiger partial charge in [-0.2, -0.15) is 13.2 Å². The van der Waals surface area contributed by atoms with Crippen LogP contribution in [-0.4, -0.2) is 52.4 Å². The maximum Gasteiger partial charge on any atom is 0.416 e. The van der Waals surface area contributed by atoms with E-state index in [1.54, 1.807) is 6.07 Å². The predicted octanol–water partition coefficient (Wildman–Crippen LogP) is 3.99. The molecule has 0 atom stereocenters. The van der Waals surface area contributed by atoms with Crippen molar-refractivity contribution in [2.75, 3.05) is 26.2 Å². The number of hydrogen-bond donors (Lipinski definition) is 1. The Morgan fingerprint density at radius 1 is 1.00 bits per heavy atom. The molecule has 2 aromatic heterocycles. The quantitative estimate of drug-likeness (QED) is 0.569. The molecule has 3 aromatic rings. The highest BCUT2D eigenvalue weighted by molar-refractivity contribution is 7.14. The van der Waals surface area contributed by atoms with Crippen molar-refractivity contribution in [1.82, 2.24) is 19.7 Å². The molecular weight excluding hydrogens is 465 g/mol. The number of piperazine rings is 1. The smallest absolute Gasteiger partial charge is 0.347 e. The number of carbonyl (C=O) groups excluding carboxylic acids is 2. The molecule has 34 heavy (non-hydrogen) atoms. The molecule has 10 heteroatoms. The molecular formula is C24H25F3N4O2S. The van der Waals surface area contributed by atoms with E-state index in [-0.39, 0.29) is 18.0 Å². The number of carbonyl (C=O) groups is 2. The Labute approximate surface area is 199 Å². The number of aryl methyl sites for hydroxylation is 1. The molecule has 1 aliphatic heterocycles. The molecule has 3 heterocycles. The van der Waals surface area contributed by atoms with Crippen LogP contribution in [0.2, 0.25) is 0 Å². The predicted molar refractivity (Wildman–Crippen MR) is 124 cm³/mol. The Kier molecular flexibility index (Phi) is 7.08. The lowest BCUT2D eigenvalue weighted by atomic mass is 10.1. The van der Waals surface area contributed by atoms with Crippen molar-refractivity contribution in [3.05, 3.63) is 81.3 Å². The van der Waals surface area contributed by atoms with E-state index in [2.05, 4.69) is 10.2 Å². The second-order valence-electron chi connectivity index (χ2n) is 8.18. The van der Waals surface area contributed by atoms with Gasteiger partial charge in [-0.05, 0) is 35.9 Å². The highest BCUT2D eigenvalue weighted by Gasteiger charge is 2.33. The van der Waals surface area contributed by atoms with Crippen molar-refractivity contribution in [3.63, 3.8) is 0 Å². The Hall–Kier alpha value is -3.11. The van der Waals surface area contributed by atoms with Crippen molar-refractivity contribution < 1.29 is 22.8 Å². The summed E-state index contributed by atoms with van der Waals surface area (Å²) in [4.78, 5) is 30.7. The van der Waals surface area contributed by atoms with Gasteiger partial charge in [0, 0.05) is 57.4 Å². The molecule has 1 N–H and O–H groups in total. The Balaban J connectivity index is 1.28. The molecule has 2 amide bonds. The van der Waals surface area contributed by atoms with E-state index >= 15 is 0 Å². The number of hydrogen-bond acceptors (Lipinski definition) is 4. The number of rotatable bonds is 6. The number of amides is 2. The molecule has 1 saturated heterocycles. The fraction of sp³-hybridized carbons (Fsp3) is 0.333. The lowest BCUT2D eigenvalue weighted by molar-refractivity contribution is -0.138. The first-order valence-corrected chi connectivity index (χ1v) is 11.7. The van der Waals surface area contributed by atoms with E-state index in [4.69, 9.17) is 0 Å². The van der Waals surface area contributed by atoms with Gasteiger partial charge in [0.05, 0.1) is 10.4 Å². The first kappa shape index (κ1) is 24.0. The number of alkyl halides is 3. The first-order valence-electron chi connectivity index (χ1n) is 10.9. The Morgan fingerprint density at radius 3 is 2.41 bits per heavy atom. The molecule has 1 fully saturated rings. The maximum atomic E-state index is 13.1. The number of nitrogens with zero attached hydrogens (tertiary/aromatic N) is 3. The summed E-state index contributed by atoms with van der Waals surface area (Å²) in [5.74, 6) is -0.375. The average Bonchev–Trinajstić information content (AvgIpc) is 3.46. The molecule has 1 aromatic carbocycles. The van der Waals surface area contributed by atoms with Gasteiger partial charge < -0.3 is 14.8 Å². The van der Waals surface area contributed by atoms with E-state index in [9.17, 15) is 22.8 Å².